The predicted octanol–water partition coefficient (Wildman–Crippen LogP) is 5.29. The van der Waals surface area contributed by atoms with Crippen molar-refractivity contribution < 1.29 is 23.5 Å². The van der Waals surface area contributed by atoms with Gasteiger partial charge in [0.25, 0.3) is 0 Å². The SMILES string of the molecule is COc1c(OCc2ccccc2)ccc2c1c[n+](C)c1c3cc4c(cc3ccc21)OCO4. The summed E-state index contributed by atoms with van der Waals surface area (Å²) in [5.41, 5.74) is 2.25. The molecule has 5 nitrogen and oxygen atoms in total. The van der Waals surface area contributed by atoms with Gasteiger partial charge in [0.15, 0.2) is 29.2 Å². The second-order valence-corrected chi connectivity index (χ2v) is 7.96. The standard InChI is InChI=1S/C27H22NO4/c1-28-14-22-19(10-11-23(27(22)29-2)30-15-17-6-4-3-5-7-17)20-9-8-18-12-24-25(32-16-31-24)13-21(18)26(20)28/h3-14H,15-16H2,1-2H3/q+1. The highest BCUT2D eigenvalue weighted by Crippen LogP contribution is 2.41. The minimum atomic E-state index is 0.265. The highest BCUT2D eigenvalue weighted by atomic mass is 16.7. The summed E-state index contributed by atoms with van der Waals surface area (Å²) in [5, 5.41) is 5.50. The van der Waals surface area contributed by atoms with Crippen molar-refractivity contribution in [2.75, 3.05) is 13.9 Å². The second-order valence-electron chi connectivity index (χ2n) is 7.96. The van der Waals surface area contributed by atoms with Gasteiger partial charge in [-0.1, -0.05) is 36.4 Å². The Labute approximate surface area is 185 Å². The first-order chi connectivity index (χ1) is 15.7. The summed E-state index contributed by atoms with van der Waals surface area (Å²) in [6.07, 6.45) is 2.11. The summed E-state index contributed by atoms with van der Waals surface area (Å²) in [6.45, 7) is 0.752. The Balaban J connectivity index is 1.53. The van der Waals surface area contributed by atoms with Crippen LogP contribution >= 0.6 is 0 Å². The maximum absolute atomic E-state index is 6.13. The van der Waals surface area contributed by atoms with Crippen LogP contribution in [0.4, 0.5) is 0 Å². The van der Waals surface area contributed by atoms with Crippen LogP contribution in [0.25, 0.3) is 32.4 Å². The van der Waals surface area contributed by atoms with Crippen molar-refractivity contribution in [2.45, 2.75) is 6.61 Å². The topological polar surface area (TPSA) is 40.8 Å². The third-order valence-corrected chi connectivity index (χ3v) is 6.05. The van der Waals surface area contributed by atoms with E-state index >= 15 is 0 Å². The largest absolute Gasteiger partial charge is 0.492 e. The zero-order valence-corrected chi connectivity index (χ0v) is 17.9. The van der Waals surface area contributed by atoms with Gasteiger partial charge < -0.3 is 18.9 Å². The van der Waals surface area contributed by atoms with Crippen molar-refractivity contribution in [2.24, 2.45) is 7.05 Å². The summed E-state index contributed by atoms with van der Waals surface area (Å²) >= 11 is 0. The van der Waals surface area contributed by atoms with Crippen molar-refractivity contribution in [1.29, 1.82) is 0 Å². The van der Waals surface area contributed by atoms with Crippen molar-refractivity contribution >= 4 is 32.4 Å². The summed E-state index contributed by atoms with van der Waals surface area (Å²) < 4.78 is 25.3. The number of benzene rings is 4. The number of hydrogen-bond acceptors (Lipinski definition) is 4. The normalized spacial score (nSPS) is 12.6. The Kier molecular flexibility index (Phi) is 4.28. The Hall–Kier alpha value is -3.99. The highest BCUT2D eigenvalue weighted by molar-refractivity contribution is 6.15. The van der Waals surface area contributed by atoms with Crippen molar-refractivity contribution in [3.63, 3.8) is 0 Å². The number of pyridine rings is 1. The predicted molar refractivity (Wildman–Crippen MR) is 124 cm³/mol. The molecule has 1 aliphatic heterocycles. The summed E-state index contributed by atoms with van der Waals surface area (Å²) in [4.78, 5) is 0. The number of nitrogens with zero attached hydrogens (tertiary/aromatic N) is 1. The molecule has 0 bridgehead atoms. The third-order valence-electron chi connectivity index (χ3n) is 6.05. The molecule has 4 aromatic carbocycles. The van der Waals surface area contributed by atoms with E-state index in [1.165, 1.54) is 0 Å². The van der Waals surface area contributed by atoms with Crippen LogP contribution in [-0.4, -0.2) is 13.9 Å². The minimum Gasteiger partial charge on any atom is -0.492 e. The Morgan fingerprint density at radius 1 is 0.844 bits per heavy atom. The molecule has 0 fully saturated rings. The van der Waals surface area contributed by atoms with Crippen LogP contribution in [0.1, 0.15) is 5.56 Å². The molecule has 0 atom stereocenters. The van der Waals surface area contributed by atoms with E-state index in [0.717, 1.165) is 61.0 Å². The van der Waals surface area contributed by atoms with E-state index < -0.39 is 0 Å². The van der Waals surface area contributed by atoms with Crippen LogP contribution in [0.3, 0.4) is 0 Å². The molecule has 0 saturated heterocycles. The van der Waals surface area contributed by atoms with Crippen molar-refractivity contribution in [3.8, 4) is 23.0 Å². The Bertz CT molecular complexity index is 1490. The van der Waals surface area contributed by atoms with Crippen LogP contribution in [0.5, 0.6) is 23.0 Å². The van der Waals surface area contributed by atoms with Gasteiger partial charge in [-0.2, -0.15) is 4.57 Å². The summed E-state index contributed by atoms with van der Waals surface area (Å²) in [7, 11) is 3.75. The number of methoxy groups -OCH3 is 1. The van der Waals surface area contributed by atoms with E-state index in [1.807, 2.05) is 30.3 Å². The molecule has 0 saturated carbocycles. The van der Waals surface area contributed by atoms with Crippen LogP contribution in [0.15, 0.2) is 72.9 Å². The molecule has 0 N–H and O–H groups in total. The first-order valence-corrected chi connectivity index (χ1v) is 10.5. The van der Waals surface area contributed by atoms with Crippen molar-refractivity contribution in [3.05, 3.63) is 78.5 Å². The molecule has 1 aromatic heterocycles. The van der Waals surface area contributed by atoms with Crippen LogP contribution in [0, 0.1) is 0 Å². The van der Waals surface area contributed by atoms with Crippen LogP contribution < -0.4 is 23.5 Å². The monoisotopic (exact) mass is 424 g/mol. The molecule has 1 aliphatic rings. The fourth-order valence-electron chi connectivity index (χ4n) is 4.56. The van der Waals surface area contributed by atoms with E-state index in [2.05, 4.69) is 54.2 Å². The van der Waals surface area contributed by atoms with Gasteiger partial charge in [0.2, 0.25) is 12.3 Å². The molecule has 0 amide bonds. The molecule has 32 heavy (non-hydrogen) atoms. The fraction of sp³-hybridized carbons (Fsp3) is 0.148. The first kappa shape index (κ1) is 18.8. The number of aromatic nitrogens is 1. The number of rotatable bonds is 4. The van der Waals surface area contributed by atoms with E-state index in [1.54, 1.807) is 7.11 Å². The molecule has 2 heterocycles. The lowest BCUT2D eigenvalue weighted by molar-refractivity contribution is -0.642. The lowest BCUT2D eigenvalue weighted by Crippen LogP contribution is -2.28. The van der Waals surface area contributed by atoms with E-state index in [-0.39, 0.29) is 6.79 Å². The quantitative estimate of drug-likeness (QED) is 0.290. The summed E-state index contributed by atoms with van der Waals surface area (Å²) in [5.74, 6) is 3.04. The van der Waals surface area contributed by atoms with Gasteiger partial charge in [0.1, 0.15) is 13.7 Å². The molecule has 0 unspecified atom stereocenters. The number of aryl methyl sites for hydroxylation is 1. The zero-order valence-electron chi connectivity index (χ0n) is 17.9. The molecule has 5 heteroatoms. The van der Waals surface area contributed by atoms with Gasteiger partial charge in [-0.3, -0.25) is 0 Å². The molecule has 0 radical (unpaired) electrons. The maximum atomic E-state index is 6.13. The van der Waals surface area contributed by atoms with E-state index in [0.29, 0.717) is 6.61 Å². The minimum absolute atomic E-state index is 0.265. The van der Waals surface area contributed by atoms with Crippen molar-refractivity contribution in [1.82, 2.24) is 0 Å². The highest BCUT2D eigenvalue weighted by Gasteiger charge is 2.22. The molecule has 6 rings (SSSR count). The zero-order chi connectivity index (χ0) is 21.7. The Morgan fingerprint density at radius 2 is 1.62 bits per heavy atom. The lowest BCUT2D eigenvalue weighted by atomic mass is 10.00. The third kappa shape index (κ3) is 2.89. The van der Waals surface area contributed by atoms with Crippen LogP contribution in [0.2, 0.25) is 0 Å². The molecule has 158 valence electrons. The maximum Gasteiger partial charge on any atom is 0.231 e. The summed E-state index contributed by atoms with van der Waals surface area (Å²) in [6, 6.07) is 22.6. The smallest absolute Gasteiger partial charge is 0.231 e. The fourth-order valence-corrected chi connectivity index (χ4v) is 4.56. The van der Waals surface area contributed by atoms with Gasteiger partial charge >= 0.3 is 0 Å². The lowest BCUT2D eigenvalue weighted by Gasteiger charge is -2.14. The number of fused-ring (bicyclic) bond motifs is 6. The van der Waals surface area contributed by atoms with Gasteiger partial charge in [0.05, 0.1) is 23.3 Å². The first-order valence-electron chi connectivity index (χ1n) is 10.5. The molecular formula is C27H22NO4+. The molecule has 0 aliphatic carbocycles. The molecular weight excluding hydrogens is 402 g/mol. The average Bonchev–Trinajstić information content (AvgIpc) is 3.28. The van der Waals surface area contributed by atoms with Crippen LogP contribution in [-0.2, 0) is 13.7 Å². The van der Waals surface area contributed by atoms with E-state index in [9.17, 15) is 0 Å². The van der Waals surface area contributed by atoms with E-state index in [4.69, 9.17) is 18.9 Å². The molecule has 5 aromatic rings. The van der Waals surface area contributed by atoms with Gasteiger partial charge in [-0.05, 0) is 41.3 Å². The van der Waals surface area contributed by atoms with Gasteiger partial charge in [-0.15, -0.1) is 0 Å². The number of hydrogen-bond donors (Lipinski definition) is 0. The number of ether oxygens (including phenoxy) is 4. The molecule has 0 spiro atoms. The Morgan fingerprint density at radius 3 is 2.44 bits per heavy atom. The van der Waals surface area contributed by atoms with Gasteiger partial charge in [-0.25, -0.2) is 0 Å². The van der Waals surface area contributed by atoms with Gasteiger partial charge in [0, 0.05) is 5.39 Å². The second kappa shape index (κ2) is 7.31. The average molecular weight is 424 g/mol.